The van der Waals surface area contributed by atoms with Crippen molar-refractivity contribution in [3.8, 4) is 5.75 Å². The quantitative estimate of drug-likeness (QED) is 0.409. The molecule has 0 aliphatic carbocycles. The minimum atomic E-state index is -0.534. The lowest BCUT2D eigenvalue weighted by Crippen LogP contribution is -1.89. The standard InChI is InChI=1S/C15H12FN5O3/c1-9-15(20-8-10(16)3-6-14(20)17-9)19-18-12-7-11(21(22)23)4-5-13(12)24-2/h3-8H,1-2H3. The summed E-state index contributed by atoms with van der Waals surface area (Å²) >= 11 is 0. The summed E-state index contributed by atoms with van der Waals surface area (Å²) in [6.45, 7) is 1.71. The van der Waals surface area contributed by atoms with E-state index in [4.69, 9.17) is 4.74 Å². The Morgan fingerprint density at radius 3 is 2.79 bits per heavy atom. The Morgan fingerprint density at radius 2 is 2.08 bits per heavy atom. The summed E-state index contributed by atoms with van der Waals surface area (Å²) in [5.41, 5.74) is 1.13. The molecule has 122 valence electrons. The fraction of sp³-hybridized carbons (Fsp3) is 0.133. The van der Waals surface area contributed by atoms with E-state index in [0.29, 0.717) is 22.9 Å². The molecular formula is C15H12FN5O3. The van der Waals surface area contributed by atoms with Crippen molar-refractivity contribution in [2.45, 2.75) is 6.92 Å². The van der Waals surface area contributed by atoms with Crippen molar-refractivity contribution in [3.05, 3.63) is 58.2 Å². The maximum atomic E-state index is 13.4. The van der Waals surface area contributed by atoms with Crippen LogP contribution < -0.4 is 4.74 Å². The molecular weight excluding hydrogens is 317 g/mol. The van der Waals surface area contributed by atoms with Crippen LogP contribution in [0.1, 0.15) is 5.69 Å². The van der Waals surface area contributed by atoms with E-state index in [1.54, 1.807) is 6.92 Å². The third-order valence-electron chi connectivity index (χ3n) is 3.35. The van der Waals surface area contributed by atoms with Crippen LogP contribution in [0.4, 0.5) is 21.6 Å². The van der Waals surface area contributed by atoms with Gasteiger partial charge in [0.25, 0.3) is 5.69 Å². The molecule has 0 radical (unpaired) electrons. The number of pyridine rings is 1. The first-order valence-corrected chi connectivity index (χ1v) is 6.88. The third kappa shape index (κ3) is 2.78. The number of hydrogen-bond acceptors (Lipinski definition) is 6. The van der Waals surface area contributed by atoms with Crippen LogP contribution in [0.25, 0.3) is 5.65 Å². The average Bonchev–Trinajstić information content (AvgIpc) is 2.87. The molecule has 2 heterocycles. The van der Waals surface area contributed by atoms with Crippen molar-refractivity contribution in [1.29, 1.82) is 0 Å². The Kier molecular flexibility index (Phi) is 3.90. The summed E-state index contributed by atoms with van der Waals surface area (Å²) in [6, 6.07) is 6.82. The second-order valence-corrected chi connectivity index (χ2v) is 4.91. The fourth-order valence-electron chi connectivity index (χ4n) is 2.22. The molecule has 0 unspecified atom stereocenters. The Labute approximate surface area is 135 Å². The van der Waals surface area contributed by atoms with Crippen molar-refractivity contribution in [1.82, 2.24) is 9.38 Å². The van der Waals surface area contributed by atoms with Crippen molar-refractivity contribution >= 4 is 22.8 Å². The molecule has 2 aromatic heterocycles. The number of imidazole rings is 1. The predicted octanol–water partition coefficient (Wildman–Crippen LogP) is 4.11. The number of azo groups is 1. The number of rotatable bonds is 4. The van der Waals surface area contributed by atoms with Crippen LogP contribution in [0.3, 0.4) is 0 Å². The molecule has 0 bridgehead atoms. The van der Waals surface area contributed by atoms with Gasteiger partial charge in [-0.05, 0) is 25.1 Å². The number of ether oxygens (including phenoxy) is 1. The number of nitro benzene ring substituents is 1. The molecule has 0 N–H and O–H groups in total. The van der Waals surface area contributed by atoms with Crippen molar-refractivity contribution in [2.24, 2.45) is 10.2 Å². The number of halogens is 1. The summed E-state index contributed by atoms with van der Waals surface area (Å²) in [6.07, 6.45) is 1.24. The first-order valence-electron chi connectivity index (χ1n) is 6.88. The molecule has 0 spiro atoms. The number of benzene rings is 1. The highest BCUT2D eigenvalue weighted by atomic mass is 19.1. The first-order chi connectivity index (χ1) is 11.5. The van der Waals surface area contributed by atoms with Gasteiger partial charge < -0.3 is 4.74 Å². The number of hydrogen-bond donors (Lipinski definition) is 0. The van der Waals surface area contributed by atoms with Gasteiger partial charge in [-0.3, -0.25) is 14.5 Å². The topological polar surface area (TPSA) is 94.4 Å². The van der Waals surface area contributed by atoms with E-state index in [-0.39, 0.29) is 11.4 Å². The molecule has 24 heavy (non-hydrogen) atoms. The molecule has 8 nitrogen and oxygen atoms in total. The van der Waals surface area contributed by atoms with Crippen molar-refractivity contribution in [2.75, 3.05) is 7.11 Å². The van der Waals surface area contributed by atoms with Gasteiger partial charge in [0.2, 0.25) is 0 Å². The van der Waals surface area contributed by atoms with Crippen LogP contribution in [0, 0.1) is 22.9 Å². The summed E-state index contributed by atoms with van der Waals surface area (Å²) in [4.78, 5) is 14.6. The van der Waals surface area contributed by atoms with Crippen LogP contribution in [0.2, 0.25) is 0 Å². The first kappa shape index (κ1) is 15.5. The summed E-state index contributed by atoms with van der Waals surface area (Å²) in [5, 5.41) is 19.0. The van der Waals surface area contributed by atoms with Gasteiger partial charge in [-0.15, -0.1) is 10.2 Å². The van der Waals surface area contributed by atoms with Gasteiger partial charge in [0, 0.05) is 18.3 Å². The molecule has 1 aromatic carbocycles. The molecule has 0 saturated carbocycles. The predicted molar refractivity (Wildman–Crippen MR) is 83.7 cm³/mol. The molecule has 0 saturated heterocycles. The zero-order valence-corrected chi connectivity index (χ0v) is 12.8. The fourth-order valence-corrected chi connectivity index (χ4v) is 2.22. The van der Waals surface area contributed by atoms with Crippen molar-refractivity contribution in [3.63, 3.8) is 0 Å². The van der Waals surface area contributed by atoms with Gasteiger partial charge in [-0.25, -0.2) is 9.37 Å². The maximum Gasteiger partial charge on any atom is 0.271 e. The number of aromatic nitrogens is 2. The SMILES string of the molecule is COc1ccc([N+](=O)[O-])cc1N=Nc1c(C)nc2ccc(F)cn12. The molecule has 0 aliphatic heterocycles. The second-order valence-electron chi connectivity index (χ2n) is 4.91. The highest BCUT2D eigenvalue weighted by Crippen LogP contribution is 2.33. The average molecular weight is 329 g/mol. The van der Waals surface area contributed by atoms with Gasteiger partial charge >= 0.3 is 0 Å². The molecule has 3 aromatic rings. The van der Waals surface area contributed by atoms with Gasteiger partial charge in [0.15, 0.2) is 5.82 Å². The van der Waals surface area contributed by atoms with Crippen LogP contribution in [0.5, 0.6) is 5.75 Å². The van der Waals surface area contributed by atoms with Gasteiger partial charge in [0.05, 0.1) is 17.7 Å². The maximum absolute atomic E-state index is 13.4. The van der Waals surface area contributed by atoms with E-state index >= 15 is 0 Å². The second kappa shape index (κ2) is 6.03. The van der Waals surface area contributed by atoms with Crippen LogP contribution in [-0.4, -0.2) is 21.4 Å². The number of nitro groups is 1. The molecule has 3 rings (SSSR count). The zero-order chi connectivity index (χ0) is 17.3. The summed E-state index contributed by atoms with van der Waals surface area (Å²) in [5.74, 6) is 0.226. The highest BCUT2D eigenvalue weighted by Gasteiger charge is 2.13. The number of nitrogens with zero attached hydrogens (tertiary/aromatic N) is 5. The largest absolute Gasteiger partial charge is 0.494 e. The molecule has 0 fully saturated rings. The Bertz CT molecular complexity index is 967. The third-order valence-corrected chi connectivity index (χ3v) is 3.35. The lowest BCUT2D eigenvalue weighted by molar-refractivity contribution is -0.384. The van der Waals surface area contributed by atoms with Crippen LogP contribution >= 0.6 is 0 Å². The van der Waals surface area contributed by atoms with E-state index in [0.717, 1.165) is 0 Å². The Balaban J connectivity index is 2.08. The number of non-ortho nitro benzene ring substituents is 1. The molecule has 0 aliphatic rings. The van der Waals surface area contributed by atoms with Gasteiger partial charge in [-0.2, -0.15) is 0 Å². The molecule has 9 heteroatoms. The number of fused-ring (bicyclic) bond motifs is 1. The monoisotopic (exact) mass is 329 g/mol. The van der Waals surface area contributed by atoms with Crippen LogP contribution in [-0.2, 0) is 0 Å². The van der Waals surface area contributed by atoms with E-state index < -0.39 is 10.7 Å². The highest BCUT2D eigenvalue weighted by molar-refractivity contribution is 5.58. The lowest BCUT2D eigenvalue weighted by atomic mass is 10.2. The number of methoxy groups -OCH3 is 1. The Hall–Kier alpha value is -3.36. The van der Waals surface area contributed by atoms with Gasteiger partial charge in [-0.1, -0.05) is 0 Å². The minimum Gasteiger partial charge on any atom is -0.494 e. The lowest BCUT2D eigenvalue weighted by Gasteiger charge is -2.03. The summed E-state index contributed by atoms with van der Waals surface area (Å²) in [7, 11) is 1.43. The normalized spacial score (nSPS) is 11.3. The van der Waals surface area contributed by atoms with E-state index in [2.05, 4.69) is 15.2 Å². The van der Waals surface area contributed by atoms with Gasteiger partial charge in [0.1, 0.15) is 22.9 Å². The van der Waals surface area contributed by atoms with Crippen LogP contribution in [0.15, 0.2) is 46.8 Å². The smallest absolute Gasteiger partial charge is 0.271 e. The molecule has 0 amide bonds. The van der Waals surface area contributed by atoms with E-state index in [1.807, 2.05) is 0 Å². The number of aryl methyl sites for hydroxylation is 1. The summed E-state index contributed by atoms with van der Waals surface area (Å²) < 4.78 is 20.0. The van der Waals surface area contributed by atoms with E-state index in [9.17, 15) is 14.5 Å². The minimum absolute atomic E-state index is 0.134. The van der Waals surface area contributed by atoms with Crippen molar-refractivity contribution < 1.29 is 14.1 Å². The Morgan fingerprint density at radius 1 is 1.29 bits per heavy atom. The van der Waals surface area contributed by atoms with E-state index in [1.165, 1.54) is 48.0 Å². The molecule has 0 atom stereocenters. The zero-order valence-electron chi connectivity index (χ0n) is 12.8.